The smallest absolute Gasteiger partial charge is 0.320 e. The lowest BCUT2D eigenvalue weighted by atomic mass is 9.87. The Morgan fingerprint density at radius 3 is 2.16 bits per heavy atom. The first-order valence-corrected chi connectivity index (χ1v) is 6.78. The first kappa shape index (κ1) is 15.7. The molecule has 0 aliphatic rings. The molecule has 3 nitrogen and oxygen atoms in total. The van der Waals surface area contributed by atoms with Crippen LogP contribution in [0.2, 0.25) is 0 Å². The van der Waals surface area contributed by atoms with Crippen LogP contribution in [0.1, 0.15) is 45.2 Å². The Hall–Kier alpha value is -1.35. The van der Waals surface area contributed by atoms with E-state index in [1.165, 1.54) is 5.56 Å². The summed E-state index contributed by atoms with van der Waals surface area (Å²) in [6, 6.07) is 8.02. The third-order valence-electron chi connectivity index (χ3n) is 3.46. The van der Waals surface area contributed by atoms with Crippen LogP contribution in [0.25, 0.3) is 0 Å². The van der Waals surface area contributed by atoms with Gasteiger partial charge < -0.3 is 5.11 Å². The van der Waals surface area contributed by atoms with E-state index in [1.54, 1.807) is 0 Å². The van der Waals surface area contributed by atoms with Gasteiger partial charge in [-0.2, -0.15) is 0 Å². The summed E-state index contributed by atoms with van der Waals surface area (Å²) < 4.78 is 0. The van der Waals surface area contributed by atoms with Gasteiger partial charge in [0.2, 0.25) is 0 Å². The van der Waals surface area contributed by atoms with E-state index in [2.05, 4.69) is 45.0 Å². The first-order valence-electron chi connectivity index (χ1n) is 6.78. The molecule has 0 amide bonds. The minimum atomic E-state index is -0.753. The number of hydrogen-bond donors (Lipinski definition) is 1. The van der Waals surface area contributed by atoms with Gasteiger partial charge in [-0.25, -0.2) is 0 Å². The lowest BCUT2D eigenvalue weighted by Gasteiger charge is -2.24. The number of carbonyl (C=O) groups is 1. The van der Waals surface area contributed by atoms with Gasteiger partial charge in [0.15, 0.2) is 0 Å². The quantitative estimate of drug-likeness (QED) is 0.886. The van der Waals surface area contributed by atoms with E-state index in [0.29, 0.717) is 13.0 Å². The van der Waals surface area contributed by atoms with Crippen molar-refractivity contribution < 1.29 is 9.90 Å². The number of benzene rings is 1. The molecule has 106 valence electrons. The molecule has 3 heteroatoms. The summed E-state index contributed by atoms with van der Waals surface area (Å²) in [5.41, 5.74) is 2.59. The summed E-state index contributed by atoms with van der Waals surface area (Å²) in [7, 11) is 1.86. The molecule has 0 spiro atoms. The number of likely N-dealkylation sites (N-methyl/N-ethyl adjacent to an activating group) is 1. The Bertz CT molecular complexity index is 417. The zero-order valence-corrected chi connectivity index (χ0v) is 12.6. The predicted molar refractivity (Wildman–Crippen MR) is 78.3 cm³/mol. The fourth-order valence-corrected chi connectivity index (χ4v) is 2.18. The number of carboxylic acid groups (broad SMARTS) is 1. The summed E-state index contributed by atoms with van der Waals surface area (Å²) in [6.45, 7) is 9.12. The fourth-order valence-electron chi connectivity index (χ4n) is 2.18. The Balaban J connectivity index is 2.75. The molecule has 0 radical (unpaired) electrons. The maximum atomic E-state index is 11.1. The molecular weight excluding hydrogens is 238 g/mol. The molecule has 0 aromatic heterocycles. The number of carboxylic acids is 1. The van der Waals surface area contributed by atoms with Crippen molar-refractivity contribution >= 4 is 5.97 Å². The molecular formula is C16H25NO2. The third-order valence-corrected chi connectivity index (χ3v) is 3.46. The van der Waals surface area contributed by atoms with Crippen LogP contribution in [-0.4, -0.2) is 29.1 Å². The lowest BCUT2D eigenvalue weighted by Crippen LogP contribution is -2.37. The molecule has 0 fully saturated rings. The maximum absolute atomic E-state index is 11.1. The number of hydrogen-bond acceptors (Lipinski definition) is 2. The third kappa shape index (κ3) is 4.35. The second-order valence-electron chi connectivity index (χ2n) is 6.12. The van der Waals surface area contributed by atoms with Crippen molar-refractivity contribution in [2.24, 2.45) is 0 Å². The van der Waals surface area contributed by atoms with Crippen molar-refractivity contribution in [1.82, 2.24) is 4.90 Å². The average Bonchev–Trinajstić information content (AvgIpc) is 2.28. The molecule has 0 heterocycles. The summed E-state index contributed by atoms with van der Waals surface area (Å²) >= 11 is 0. The van der Waals surface area contributed by atoms with Crippen molar-refractivity contribution in [2.45, 2.75) is 52.1 Å². The van der Waals surface area contributed by atoms with E-state index in [-0.39, 0.29) is 5.41 Å². The molecule has 1 unspecified atom stereocenters. The molecule has 0 saturated heterocycles. The van der Waals surface area contributed by atoms with Crippen molar-refractivity contribution in [3.63, 3.8) is 0 Å². The molecule has 0 bridgehead atoms. The molecule has 19 heavy (non-hydrogen) atoms. The van der Waals surface area contributed by atoms with Crippen LogP contribution in [0.15, 0.2) is 24.3 Å². The summed E-state index contributed by atoms with van der Waals surface area (Å²) in [5.74, 6) is -0.753. The van der Waals surface area contributed by atoms with E-state index >= 15 is 0 Å². The Morgan fingerprint density at radius 2 is 1.79 bits per heavy atom. The van der Waals surface area contributed by atoms with Crippen molar-refractivity contribution in [2.75, 3.05) is 7.05 Å². The Kier molecular flexibility index (Phi) is 5.12. The zero-order valence-electron chi connectivity index (χ0n) is 12.6. The van der Waals surface area contributed by atoms with Gasteiger partial charge in [0.05, 0.1) is 0 Å². The normalized spacial score (nSPS) is 13.6. The molecule has 1 aromatic rings. The molecule has 0 aliphatic heterocycles. The van der Waals surface area contributed by atoms with Crippen LogP contribution in [-0.2, 0) is 16.8 Å². The number of nitrogens with zero attached hydrogens (tertiary/aromatic N) is 1. The van der Waals surface area contributed by atoms with Crippen LogP contribution < -0.4 is 0 Å². The highest BCUT2D eigenvalue weighted by Gasteiger charge is 2.20. The van der Waals surface area contributed by atoms with Crippen LogP contribution in [0, 0.1) is 0 Å². The first-order chi connectivity index (χ1) is 8.75. The molecule has 1 rings (SSSR count). The van der Waals surface area contributed by atoms with Crippen LogP contribution >= 0.6 is 0 Å². The highest BCUT2D eigenvalue weighted by molar-refractivity contribution is 5.73. The van der Waals surface area contributed by atoms with Crippen LogP contribution in [0.4, 0.5) is 0 Å². The van der Waals surface area contributed by atoms with Gasteiger partial charge in [0.25, 0.3) is 0 Å². The number of rotatable bonds is 5. The van der Waals surface area contributed by atoms with Gasteiger partial charge in [0.1, 0.15) is 6.04 Å². The molecule has 1 N–H and O–H groups in total. The van der Waals surface area contributed by atoms with Gasteiger partial charge in [-0.15, -0.1) is 0 Å². The zero-order chi connectivity index (χ0) is 14.6. The Labute approximate surface area is 116 Å². The summed E-state index contributed by atoms with van der Waals surface area (Å²) in [4.78, 5) is 13.0. The van der Waals surface area contributed by atoms with Crippen molar-refractivity contribution in [3.05, 3.63) is 35.4 Å². The van der Waals surface area contributed by atoms with E-state index in [9.17, 15) is 4.79 Å². The van der Waals surface area contributed by atoms with Crippen LogP contribution in [0.5, 0.6) is 0 Å². The van der Waals surface area contributed by atoms with E-state index in [4.69, 9.17) is 5.11 Å². The van der Waals surface area contributed by atoms with Crippen LogP contribution in [0.3, 0.4) is 0 Å². The molecule has 0 saturated carbocycles. The average molecular weight is 263 g/mol. The van der Waals surface area contributed by atoms with Gasteiger partial charge in [-0.05, 0) is 30.0 Å². The Morgan fingerprint density at radius 1 is 1.26 bits per heavy atom. The largest absolute Gasteiger partial charge is 0.480 e. The fraction of sp³-hybridized carbons (Fsp3) is 0.562. The molecule has 1 aromatic carbocycles. The van der Waals surface area contributed by atoms with Gasteiger partial charge in [-0.3, -0.25) is 9.69 Å². The van der Waals surface area contributed by atoms with E-state index in [1.807, 2.05) is 18.9 Å². The van der Waals surface area contributed by atoms with Crippen molar-refractivity contribution in [3.8, 4) is 0 Å². The second kappa shape index (κ2) is 6.20. The topological polar surface area (TPSA) is 40.5 Å². The highest BCUT2D eigenvalue weighted by atomic mass is 16.4. The minimum absolute atomic E-state index is 0.150. The summed E-state index contributed by atoms with van der Waals surface area (Å²) in [6.07, 6.45) is 0.617. The predicted octanol–water partition coefficient (Wildman–Crippen LogP) is 3.28. The van der Waals surface area contributed by atoms with Crippen molar-refractivity contribution in [1.29, 1.82) is 0 Å². The van der Waals surface area contributed by atoms with E-state index in [0.717, 1.165) is 5.56 Å². The van der Waals surface area contributed by atoms with Gasteiger partial charge in [-0.1, -0.05) is 52.0 Å². The second-order valence-corrected chi connectivity index (χ2v) is 6.12. The molecule has 1 atom stereocenters. The standard InChI is InChI=1S/C16H25NO2/c1-6-14(15(18)19)17(5)11-12-7-9-13(10-8-12)16(2,3)4/h7-10,14H,6,11H2,1-5H3,(H,18,19). The van der Waals surface area contributed by atoms with E-state index < -0.39 is 12.0 Å². The molecule has 0 aliphatic carbocycles. The lowest BCUT2D eigenvalue weighted by molar-refractivity contribution is -0.143. The van der Waals surface area contributed by atoms with Gasteiger partial charge >= 0.3 is 5.97 Å². The monoisotopic (exact) mass is 263 g/mol. The SMILES string of the molecule is CCC(C(=O)O)N(C)Cc1ccc(C(C)(C)C)cc1. The minimum Gasteiger partial charge on any atom is -0.480 e. The van der Waals surface area contributed by atoms with Gasteiger partial charge in [0, 0.05) is 6.54 Å². The highest BCUT2D eigenvalue weighted by Crippen LogP contribution is 2.22. The summed E-state index contributed by atoms with van der Waals surface area (Å²) in [5, 5.41) is 9.13. The maximum Gasteiger partial charge on any atom is 0.320 e. The number of aliphatic carboxylic acids is 1.